The Morgan fingerprint density at radius 3 is 2.92 bits per heavy atom. The zero-order valence-corrected chi connectivity index (χ0v) is 13.8. The van der Waals surface area contributed by atoms with Gasteiger partial charge in [-0.05, 0) is 18.6 Å². The summed E-state index contributed by atoms with van der Waals surface area (Å²) in [6, 6.07) is 6.87. The molecule has 1 amide bonds. The number of ether oxygens (including phenoxy) is 2. The van der Waals surface area contributed by atoms with Crippen LogP contribution in [0.2, 0.25) is 0 Å². The molecule has 0 radical (unpaired) electrons. The predicted octanol–water partition coefficient (Wildman–Crippen LogP) is 2.01. The number of carboxylic acid groups (broad SMARTS) is 1. The highest BCUT2D eigenvalue weighted by Gasteiger charge is 2.71. The van der Waals surface area contributed by atoms with E-state index < -0.39 is 29.5 Å². The monoisotopic (exact) mass is 341 g/mol. The topological polar surface area (TPSA) is 76.1 Å². The van der Waals surface area contributed by atoms with Crippen LogP contribution in [0.3, 0.4) is 0 Å². The molecule has 0 aliphatic carbocycles. The molecule has 5 unspecified atom stereocenters. The van der Waals surface area contributed by atoms with Crippen molar-refractivity contribution in [2.45, 2.75) is 24.2 Å². The molecule has 3 aliphatic rings. The number of para-hydroxylation sites is 2. The highest BCUT2D eigenvalue weighted by molar-refractivity contribution is 6.04. The first kappa shape index (κ1) is 15.9. The maximum atomic E-state index is 13.3. The van der Waals surface area contributed by atoms with Crippen molar-refractivity contribution in [2.24, 2.45) is 11.8 Å². The van der Waals surface area contributed by atoms with E-state index in [1.165, 1.54) is 0 Å². The van der Waals surface area contributed by atoms with Crippen molar-refractivity contribution in [1.29, 1.82) is 0 Å². The van der Waals surface area contributed by atoms with Crippen LogP contribution in [-0.4, -0.2) is 41.8 Å². The molecule has 1 aromatic rings. The molecule has 6 heteroatoms. The summed E-state index contributed by atoms with van der Waals surface area (Å²) in [6.45, 7) is 3.80. The van der Waals surface area contributed by atoms with Crippen LogP contribution < -0.4 is 9.64 Å². The average Bonchev–Trinajstić information content (AvgIpc) is 3.24. The molecule has 2 saturated heterocycles. The van der Waals surface area contributed by atoms with Gasteiger partial charge in [-0.1, -0.05) is 30.4 Å². The van der Waals surface area contributed by atoms with Gasteiger partial charge in [-0.15, -0.1) is 6.58 Å². The first-order valence-electron chi connectivity index (χ1n) is 8.22. The summed E-state index contributed by atoms with van der Waals surface area (Å²) >= 11 is 0. The number of carbonyl (C=O) groups excluding carboxylic acids is 1. The fourth-order valence-corrected chi connectivity index (χ4v) is 4.49. The molecular formula is C19H19NO5. The lowest BCUT2D eigenvalue weighted by atomic mass is 9.74. The Bertz CT molecular complexity index is 788. The highest BCUT2D eigenvalue weighted by Crippen LogP contribution is 2.57. The van der Waals surface area contributed by atoms with Crippen molar-refractivity contribution in [3.63, 3.8) is 0 Å². The van der Waals surface area contributed by atoms with E-state index in [0.29, 0.717) is 17.9 Å². The summed E-state index contributed by atoms with van der Waals surface area (Å²) in [7, 11) is 1.54. The molecule has 2 fully saturated rings. The van der Waals surface area contributed by atoms with Crippen LogP contribution in [0.15, 0.2) is 49.1 Å². The van der Waals surface area contributed by atoms with Gasteiger partial charge in [-0.25, -0.2) is 0 Å². The van der Waals surface area contributed by atoms with Gasteiger partial charge in [0.15, 0.2) is 0 Å². The minimum atomic E-state index is -1.01. The number of hydrogen-bond acceptors (Lipinski definition) is 4. The van der Waals surface area contributed by atoms with Gasteiger partial charge >= 0.3 is 5.97 Å². The summed E-state index contributed by atoms with van der Waals surface area (Å²) in [4.78, 5) is 26.7. The van der Waals surface area contributed by atoms with E-state index in [4.69, 9.17) is 9.47 Å². The third kappa shape index (κ3) is 1.94. The molecule has 130 valence electrons. The number of benzene rings is 1. The SMILES string of the molecule is C=CCC1N(c2ccccc2OC)C(=O)C2C(C(=O)O)C3C=CC21O3. The summed E-state index contributed by atoms with van der Waals surface area (Å²) < 4.78 is 11.5. The number of hydrogen-bond donors (Lipinski definition) is 1. The molecular weight excluding hydrogens is 322 g/mol. The maximum absolute atomic E-state index is 13.3. The van der Waals surface area contributed by atoms with E-state index in [1.807, 2.05) is 18.2 Å². The zero-order chi connectivity index (χ0) is 17.8. The van der Waals surface area contributed by atoms with E-state index in [0.717, 1.165) is 0 Å². The normalized spacial score (nSPS) is 35.1. The number of methoxy groups -OCH3 is 1. The summed E-state index contributed by atoms with van der Waals surface area (Å²) in [6.07, 6.45) is 5.30. The number of carboxylic acids is 1. The van der Waals surface area contributed by atoms with Crippen LogP contribution in [-0.2, 0) is 14.3 Å². The number of aliphatic carboxylic acids is 1. The zero-order valence-electron chi connectivity index (χ0n) is 13.8. The van der Waals surface area contributed by atoms with Crippen molar-refractivity contribution in [1.82, 2.24) is 0 Å². The molecule has 0 aromatic heterocycles. The Hall–Kier alpha value is -2.60. The standard InChI is InChI=1S/C19H19NO5/c1-3-6-14-19-10-9-13(25-19)15(18(22)23)16(19)17(21)20(14)11-7-4-5-8-12(11)24-2/h3-5,7-10,13-16H,1,6H2,2H3,(H,22,23). The van der Waals surface area contributed by atoms with Gasteiger partial charge in [-0.3, -0.25) is 9.59 Å². The number of rotatable bonds is 5. The number of carbonyl (C=O) groups is 2. The third-order valence-corrected chi connectivity index (χ3v) is 5.44. The lowest BCUT2D eigenvalue weighted by Crippen LogP contribution is -2.45. The van der Waals surface area contributed by atoms with Crippen LogP contribution in [0.1, 0.15) is 6.42 Å². The van der Waals surface area contributed by atoms with Gasteiger partial charge in [0.05, 0.1) is 30.9 Å². The lowest BCUT2D eigenvalue weighted by molar-refractivity contribution is -0.146. The van der Waals surface area contributed by atoms with Crippen molar-refractivity contribution in [2.75, 3.05) is 12.0 Å². The van der Waals surface area contributed by atoms with E-state index in [2.05, 4.69) is 6.58 Å². The molecule has 6 nitrogen and oxygen atoms in total. The molecule has 1 aromatic carbocycles. The second-order valence-electron chi connectivity index (χ2n) is 6.56. The van der Waals surface area contributed by atoms with Gasteiger partial charge in [0.25, 0.3) is 0 Å². The Labute approximate surface area is 145 Å². The summed E-state index contributed by atoms with van der Waals surface area (Å²) in [5, 5.41) is 9.64. The van der Waals surface area contributed by atoms with E-state index in [1.54, 1.807) is 36.3 Å². The molecule has 5 atom stereocenters. The first-order valence-corrected chi connectivity index (χ1v) is 8.22. The fourth-order valence-electron chi connectivity index (χ4n) is 4.49. The highest BCUT2D eigenvalue weighted by atomic mass is 16.5. The van der Waals surface area contributed by atoms with E-state index in [9.17, 15) is 14.7 Å². The molecule has 4 rings (SSSR count). The molecule has 0 saturated carbocycles. The average molecular weight is 341 g/mol. The van der Waals surface area contributed by atoms with Crippen LogP contribution in [0, 0.1) is 11.8 Å². The van der Waals surface area contributed by atoms with E-state index >= 15 is 0 Å². The number of amides is 1. The lowest BCUT2D eigenvalue weighted by Gasteiger charge is -2.33. The molecule has 3 aliphatic heterocycles. The molecule has 25 heavy (non-hydrogen) atoms. The van der Waals surface area contributed by atoms with Crippen LogP contribution >= 0.6 is 0 Å². The van der Waals surface area contributed by atoms with Crippen LogP contribution in [0.25, 0.3) is 0 Å². The fraction of sp³-hybridized carbons (Fsp3) is 0.368. The Balaban J connectivity index is 1.87. The van der Waals surface area contributed by atoms with Crippen molar-refractivity contribution in [3.8, 4) is 5.75 Å². The maximum Gasteiger partial charge on any atom is 0.310 e. The van der Waals surface area contributed by atoms with Gasteiger partial charge in [0.1, 0.15) is 17.3 Å². The van der Waals surface area contributed by atoms with Gasteiger partial charge in [0, 0.05) is 0 Å². The third-order valence-electron chi connectivity index (χ3n) is 5.44. The van der Waals surface area contributed by atoms with Gasteiger partial charge in [0.2, 0.25) is 5.91 Å². The molecule has 2 bridgehead atoms. The van der Waals surface area contributed by atoms with Crippen molar-refractivity contribution >= 4 is 17.6 Å². The minimum absolute atomic E-state index is 0.240. The molecule has 1 spiro atoms. The Kier molecular flexibility index (Phi) is 3.47. The smallest absolute Gasteiger partial charge is 0.310 e. The summed E-state index contributed by atoms with van der Waals surface area (Å²) in [5.41, 5.74) is -0.310. The molecule has 3 heterocycles. The van der Waals surface area contributed by atoms with Crippen LogP contribution in [0.4, 0.5) is 5.69 Å². The molecule has 1 N–H and O–H groups in total. The second-order valence-corrected chi connectivity index (χ2v) is 6.56. The van der Waals surface area contributed by atoms with E-state index in [-0.39, 0.29) is 11.9 Å². The van der Waals surface area contributed by atoms with Crippen molar-refractivity contribution in [3.05, 3.63) is 49.1 Å². The number of nitrogens with zero attached hydrogens (tertiary/aromatic N) is 1. The largest absolute Gasteiger partial charge is 0.495 e. The predicted molar refractivity (Wildman–Crippen MR) is 90.4 cm³/mol. The first-order chi connectivity index (χ1) is 12.0. The van der Waals surface area contributed by atoms with Gasteiger partial charge < -0.3 is 19.5 Å². The van der Waals surface area contributed by atoms with Gasteiger partial charge in [-0.2, -0.15) is 0 Å². The minimum Gasteiger partial charge on any atom is -0.495 e. The Morgan fingerprint density at radius 2 is 2.24 bits per heavy atom. The quantitative estimate of drug-likeness (QED) is 0.829. The second kappa shape index (κ2) is 5.46. The van der Waals surface area contributed by atoms with Crippen LogP contribution in [0.5, 0.6) is 5.75 Å². The summed E-state index contributed by atoms with van der Waals surface area (Å²) in [5.74, 6) is -2.30. The number of anilines is 1. The Morgan fingerprint density at radius 1 is 1.48 bits per heavy atom. The number of fused-ring (bicyclic) bond motifs is 1. The van der Waals surface area contributed by atoms with Crippen molar-refractivity contribution < 1.29 is 24.2 Å².